The number of hydrogen-bond acceptors (Lipinski definition) is 1. The Morgan fingerprint density at radius 3 is 1.56 bits per heavy atom. The Labute approximate surface area is 113 Å². The fourth-order valence-corrected chi connectivity index (χ4v) is 1.23. The molecule has 0 aliphatic carbocycles. The van der Waals surface area contributed by atoms with Gasteiger partial charge in [-0.15, -0.1) is 0 Å². The minimum Gasteiger partial charge on any atom is -0.497 e. The maximum absolute atomic E-state index is 5.40. The van der Waals surface area contributed by atoms with Crippen LogP contribution < -0.4 is 10.2 Å². The van der Waals surface area contributed by atoms with Crippen molar-refractivity contribution in [2.45, 2.75) is 0 Å². The van der Waals surface area contributed by atoms with Crippen molar-refractivity contribution in [3.8, 4) is 5.75 Å². The molecule has 0 amide bonds. The summed E-state index contributed by atoms with van der Waals surface area (Å²) in [4.78, 5) is 0. The van der Waals surface area contributed by atoms with Gasteiger partial charge in [0, 0.05) is 0 Å². The van der Waals surface area contributed by atoms with Crippen LogP contribution in [-0.2, 0) is 0 Å². The Hall–Kier alpha value is -1.49. The zero-order chi connectivity index (χ0) is 11.6. The van der Waals surface area contributed by atoms with Crippen molar-refractivity contribution >= 4 is 23.6 Å². The molecular formula is C13H17BClO3. The molecule has 0 aliphatic heterocycles. The maximum Gasteiger partial charge on any atom is 0.275 e. The first kappa shape index (κ1) is 18.9. The SMILES string of the molecule is COc1ccccc1.Cl[B]c1ccccc1.O.O. The predicted octanol–water partition coefficient (Wildman–Crippen LogP) is 1.22. The molecule has 18 heavy (non-hydrogen) atoms. The molecule has 0 atom stereocenters. The minimum atomic E-state index is 0. The standard InChI is InChI=1S/C7H8O.C6H5BCl.2H2O/c1-8-7-5-3-2-4-6-7;8-7-6-4-2-1-3-5-6;;/h2-6H,1H3;1-5H;2*1H2. The molecule has 0 bridgehead atoms. The molecule has 0 aliphatic rings. The van der Waals surface area contributed by atoms with E-state index in [-0.39, 0.29) is 11.0 Å². The molecule has 3 nitrogen and oxygen atoms in total. The van der Waals surface area contributed by atoms with E-state index in [0.29, 0.717) is 0 Å². The van der Waals surface area contributed by atoms with Crippen molar-refractivity contribution < 1.29 is 15.7 Å². The van der Waals surface area contributed by atoms with Crippen LogP contribution in [-0.4, -0.2) is 24.8 Å². The van der Waals surface area contributed by atoms with E-state index in [4.69, 9.17) is 16.2 Å². The molecule has 4 N–H and O–H groups in total. The molecule has 0 heterocycles. The third-order valence-corrected chi connectivity index (χ3v) is 2.16. The van der Waals surface area contributed by atoms with Crippen LogP contribution in [0, 0.1) is 0 Å². The molecule has 0 spiro atoms. The highest BCUT2D eigenvalue weighted by molar-refractivity contribution is 7.01. The molecule has 5 heteroatoms. The summed E-state index contributed by atoms with van der Waals surface area (Å²) < 4.78 is 4.91. The number of halogens is 1. The number of para-hydroxylation sites is 1. The van der Waals surface area contributed by atoms with Crippen LogP contribution in [0.2, 0.25) is 0 Å². The van der Waals surface area contributed by atoms with Crippen molar-refractivity contribution in [3.63, 3.8) is 0 Å². The van der Waals surface area contributed by atoms with Gasteiger partial charge < -0.3 is 15.7 Å². The van der Waals surface area contributed by atoms with Crippen LogP contribution >= 0.6 is 11.5 Å². The Morgan fingerprint density at radius 2 is 1.28 bits per heavy atom. The van der Waals surface area contributed by atoms with Gasteiger partial charge in [-0.2, -0.15) is 11.5 Å². The molecule has 97 valence electrons. The molecule has 2 rings (SSSR count). The van der Waals surface area contributed by atoms with Gasteiger partial charge in [0.15, 0.2) is 0 Å². The predicted molar refractivity (Wildman–Crippen MR) is 77.9 cm³/mol. The van der Waals surface area contributed by atoms with Crippen molar-refractivity contribution in [3.05, 3.63) is 60.7 Å². The second-order valence-corrected chi connectivity index (χ2v) is 3.26. The van der Waals surface area contributed by atoms with Crippen molar-refractivity contribution in [2.75, 3.05) is 7.11 Å². The summed E-state index contributed by atoms with van der Waals surface area (Å²) in [6, 6.07) is 19.5. The van der Waals surface area contributed by atoms with Gasteiger partial charge in [-0.05, 0) is 12.1 Å². The van der Waals surface area contributed by atoms with Gasteiger partial charge >= 0.3 is 0 Å². The fourth-order valence-electron chi connectivity index (χ4n) is 1.08. The first-order valence-electron chi connectivity index (χ1n) is 4.94. The Balaban J connectivity index is 0. The lowest BCUT2D eigenvalue weighted by molar-refractivity contribution is 0.415. The Kier molecular flexibility index (Phi) is 12.6. The highest BCUT2D eigenvalue weighted by Crippen LogP contribution is 2.05. The van der Waals surface area contributed by atoms with Crippen LogP contribution in [0.25, 0.3) is 0 Å². The highest BCUT2D eigenvalue weighted by Gasteiger charge is 1.85. The van der Waals surface area contributed by atoms with E-state index >= 15 is 0 Å². The van der Waals surface area contributed by atoms with E-state index in [9.17, 15) is 0 Å². The van der Waals surface area contributed by atoms with Gasteiger partial charge in [0.25, 0.3) is 6.69 Å². The third kappa shape index (κ3) is 7.73. The number of benzene rings is 2. The molecular weight excluding hydrogens is 250 g/mol. The van der Waals surface area contributed by atoms with Crippen LogP contribution in [0.4, 0.5) is 0 Å². The number of ether oxygens (including phenoxy) is 1. The van der Waals surface area contributed by atoms with Gasteiger partial charge in [0.05, 0.1) is 7.11 Å². The normalized spacial score (nSPS) is 7.67. The van der Waals surface area contributed by atoms with Gasteiger partial charge in [-0.1, -0.05) is 54.0 Å². The molecule has 2 aromatic rings. The van der Waals surface area contributed by atoms with E-state index in [1.165, 1.54) is 0 Å². The number of rotatable bonds is 2. The highest BCUT2D eigenvalue weighted by atomic mass is 35.5. The maximum atomic E-state index is 5.40. The zero-order valence-electron chi connectivity index (χ0n) is 10.1. The number of methoxy groups -OCH3 is 1. The first-order chi connectivity index (χ1) is 7.86. The topological polar surface area (TPSA) is 72.2 Å². The van der Waals surface area contributed by atoms with Gasteiger partial charge in [-0.3, -0.25) is 0 Å². The Morgan fingerprint density at radius 1 is 0.833 bits per heavy atom. The largest absolute Gasteiger partial charge is 0.497 e. The lowest BCUT2D eigenvalue weighted by Crippen LogP contribution is -2.05. The van der Waals surface area contributed by atoms with E-state index in [2.05, 4.69) is 0 Å². The van der Waals surface area contributed by atoms with E-state index in [1.807, 2.05) is 60.7 Å². The summed E-state index contributed by atoms with van der Waals surface area (Å²) in [6.45, 7) is 1.56. The summed E-state index contributed by atoms with van der Waals surface area (Å²) >= 11 is 5.40. The van der Waals surface area contributed by atoms with Crippen molar-refractivity contribution in [1.29, 1.82) is 0 Å². The molecule has 0 aromatic heterocycles. The van der Waals surface area contributed by atoms with Crippen LogP contribution in [0.1, 0.15) is 0 Å². The second-order valence-electron chi connectivity index (χ2n) is 3.04. The molecule has 0 unspecified atom stereocenters. The van der Waals surface area contributed by atoms with Gasteiger partial charge in [0.2, 0.25) is 0 Å². The van der Waals surface area contributed by atoms with Crippen LogP contribution in [0.15, 0.2) is 60.7 Å². The molecule has 0 saturated heterocycles. The molecule has 1 radical (unpaired) electrons. The summed E-state index contributed by atoms with van der Waals surface area (Å²) in [6.07, 6.45) is 0. The van der Waals surface area contributed by atoms with Gasteiger partial charge in [-0.25, -0.2) is 0 Å². The Bertz CT molecular complexity index is 344. The lowest BCUT2D eigenvalue weighted by atomic mass is 9.95. The van der Waals surface area contributed by atoms with Crippen molar-refractivity contribution in [2.24, 2.45) is 0 Å². The van der Waals surface area contributed by atoms with E-state index < -0.39 is 0 Å². The number of hydrogen-bond donors (Lipinski definition) is 0. The van der Waals surface area contributed by atoms with Gasteiger partial charge in [0.1, 0.15) is 5.75 Å². The smallest absolute Gasteiger partial charge is 0.275 e. The van der Waals surface area contributed by atoms with E-state index in [0.717, 1.165) is 11.2 Å². The quantitative estimate of drug-likeness (QED) is 0.754. The van der Waals surface area contributed by atoms with Crippen molar-refractivity contribution in [1.82, 2.24) is 0 Å². The molecule has 0 saturated carbocycles. The fraction of sp³-hybridized carbons (Fsp3) is 0.0769. The molecule has 2 aromatic carbocycles. The zero-order valence-corrected chi connectivity index (χ0v) is 10.9. The van der Waals surface area contributed by atoms with Crippen LogP contribution in [0.3, 0.4) is 0 Å². The minimum absolute atomic E-state index is 0. The molecule has 0 fully saturated rings. The summed E-state index contributed by atoms with van der Waals surface area (Å²) in [5.74, 6) is 0.910. The third-order valence-electron chi connectivity index (χ3n) is 1.90. The summed E-state index contributed by atoms with van der Waals surface area (Å²) in [5.41, 5.74) is 1.05. The average molecular weight is 268 g/mol. The summed E-state index contributed by atoms with van der Waals surface area (Å²) in [5, 5.41) is 0. The second kappa shape index (κ2) is 12.0. The van der Waals surface area contributed by atoms with Crippen LogP contribution in [0.5, 0.6) is 5.75 Å². The average Bonchev–Trinajstić information content (AvgIpc) is 2.41. The lowest BCUT2D eigenvalue weighted by Gasteiger charge is -1.93. The van der Waals surface area contributed by atoms with E-state index in [1.54, 1.807) is 13.8 Å². The monoisotopic (exact) mass is 267 g/mol. The first-order valence-corrected chi connectivity index (χ1v) is 5.38. The summed E-state index contributed by atoms with van der Waals surface area (Å²) in [7, 11) is 1.66.